The quantitative estimate of drug-likeness (QED) is 0.611. The second-order valence-electron chi connectivity index (χ2n) is 10.2. The van der Waals surface area contributed by atoms with Gasteiger partial charge in [0.25, 0.3) is 0 Å². The number of hydrogen-bond acceptors (Lipinski definition) is 5. The van der Waals surface area contributed by atoms with Crippen molar-refractivity contribution in [3.05, 3.63) is 29.6 Å². The standard InChI is InChI=1S/C20H29N3O4.C4H8O/c1-11(17(24)25)15(23-18(26)27-20(5,6)7)16-21-13-9-8-12(19(2,3)4)10-14(13)22-16;1-2-4-5-3-1/h8-11,15H,1-7H3,(H,21,22)(H,23,26)(H,24,25);1-4H2/t11-,15+;/m1./s1. The minimum absolute atomic E-state index is 0.0258. The Morgan fingerprint density at radius 2 is 1.78 bits per heavy atom. The summed E-state index contributed by atoms with van der Waals surface area (Å²) >= 11 is 0. The predicted molar refractivity (Wildman–Crippen MR) is 124 cm³/mol. The molecule has 0 spiro atoms. The van der Waals surface area contributed by atoms with Crippen molar-refractivity contribution >= 4 is 23.1 Å². The van der Waals surface area contributed by atoms with Crippen LogP contribution in [0, 0.1) is 5.92 Å². The average Bonchev–Trinajstić information content (AvgIpc) is 3.35. The molecular formula is C24H37N3O5. The van der Waals surface area contributed by atoms with Crippen LogP contribution in [-0.2, 0) is 19.7 Å². The van der Waals surface area contributed by atoms with Crippen LogP contribution in [0.15, 0.2) is 18.2 Å². The van der Waals surface area contributed by atoms with E-state index in [0.29, 0.717) is 11.3 Å². The van der Waals surface area contributed by atoms with Gasteiger partial charge < -0.3 is 24.9 Å². The molecule has 32 heavy (non-hydrogen) atoms. The van der Waals surface area contributed by atoms with Crippen LogP contribution >= 0.6 is 0 Å². The van der Waals surface area contributed by atoms with Gasteiger partial charge in [-0.3, -0.25) is 4.79 Å². The van der Waals surface area contributed by atoms with Gasteiger partial charge in [-0.15, -0.1) is 0 Å². The topological polar surface area (TPSA) is 114 Å². The fourth-order valence-electron chi connectivity index (χ4n) is 3.16. The second-order valence-corrected chi connectivity index (χ2v) is 10.2. The van der Waals surface area contributed by atoms with Crippen molar-refractivity contribution in [2.75, 3.05) is 13.2 Å². The summed E-state index contributed by atoms with van der Waals surface area (Å²) in [6.07, 6.45) is 1.87. The normalized spacial score (nSPS) is 16.1. The lowest BCUT2D eigenvalue weighted by Gasteiger charge is -2.24. The van der Waals surface area contributed by atoms with Gasteiger partial charge in [0.2, 0.25) is 0 Å². The number of aromatic nitrogens is 2. The van der Waals surface area contributed by atoms with E-state index < -0.39 is 29.6 Å². The molecule has 0 aliphatic carbocycles. The first kappa shape index (κ1) is 25.6. The molecule has 0 unspecified atom stereocenters. The number of benzene rings is 1. The monoisotopic (exact) mass is 447 g/mol. The molecule has 8 nitrogen and oxygen atoms in total. The van der Waals surface area contributed by atoms with Gasteiger partial charge in [0.1, 0.15) is 17.5 Å². The van der Waals surface area contributed by atoms with Crippen LogP contribution in [0.25, 0.3) is 11.0 Å². The molecule has 1 fully saturated rings. The van der Waals surface area contributed by atoms with Crippen molar-refractivity contribution in [2.45, 2.75) is 78.4 Å². The fourth-order valence-corrected chi connectivity index (χ4v) is 3.16. The van der Waals surface area contributed by atoms with Gasteiger partial charge in [0.15, 0.2) is 0 Å². The summed E-state index contributed by atoms with van der Waals surface area (Å²) in [5.74, 6) is -1.54. The van der Waals surface area contributed by atoms with Crippen molar-refractivity contribution in [1.82, 2.24) is 15.3 Å². The van der Waals surface area contributed by atoms with Crippen LogP contribution in [0.5, 0.6) is 0 Å². The Labute approximate surface area is 190 Å². The zero-order valence-electron chi connectivity index (χ0n) is 20.2. The average molecular weight is 448 g/mol. The van der Waals surface area contributed by atoms with Crippen LogP contribution in [0.2, 0.25) is 0 Å². The highest BCUT2D eigenvalue weighted by Crippen LogP contribution is 2.28. The number of rotatable bonds is 4. The first-order chi connectivity index (χ1) is 14.8. The van der Waals surface area contributed by atoms with Crippen molar-refractivity contribution in [2.24, 2.45) is 5.92 Å². The number of fused-ring (bicyclic) bond motifs is 1. The van der Waals surface area contributed by atoms with E-state index in [9.17, 15) is 14.7 Å². The molecule has 1 amide bonds. The number of carboxylic acid groups (broad SMARTS) is 1. The zero-order valence-corrected chi connectivity index (χ0v) is 20.2. The Kier molecular flexibility index (Phi) is 8.29. The van der Waals surface area contributed by atoms with Gasteiger partial charge in [-0.05, 0) is 63.6 Å². The number of nitrogens with one attached hydrogen (secondary N) is 2. The summed E-state index contributed by atoms with van der Waals surface area (Å²) in [5.41, 5.74) is 1.93. The molecular weight excluding hydrogens is 410 g/mol. The van der Waals surface area contributed by atoms with E-state index in [0.717, 1.165) is 24.3 Å². The molecule has 0 saturated carbocycles. The van der Waals surface area contributed by atoms with E-state index in [2.05, 4.69) is 36.1 Å². The number of amides is 1. The van der Waals surface area contributed by atoms with Crippen molar-refractivity contribution in [3.63, 3.8) is 0 Å². The number of nitrogens with zero attached hydrogens (tertiary/aromatic N) is 1. The highest BCUT2D eigenvalue weighted by Gasteiger charge is 2.31. The van der Waals surface area contributed by atoms with Gasteiger partial charge in [0, 0.05) is 13.2 Å². The van der Waals surface area contributed by atoms with Gasteiger partial charge >= 0.3 is 12.1 Å². The molecule has 0 bridgehead atoms. The Balaban J connectivity index is 0.000000636. The number of alkyl carbamates (subject to hydrolysis) is 1. The second kappa shape index (κ2) is 10.3. The SMILES string of the molecule is C1CCOC1.C[C@@H](C(=O)O)[C@H](NC(=O)OC(C)(C)C)c1nc2ccc(C(C)(C)C)cc2[nH]1. The number of ether oxygens (including phenoxy) is 2. The van der Waals surface area contributed by atoms with Crippen LogP contribution < -0.4 is 5.32 Å². The van der Waals surface area contributed by atoms with Crippen molar-refractivity contribution in [1.29, 1.82) is 0 Å². The number of hydrogen-bond donors (Lipinski definition) is 3. The van der Waals surface area contributed by atoms with E-state index in [1.807, 2.05) is 18.2 Å². The molecule has 8 heteroatoms. The van der Waals surface area contributed by atoms with E-state index in [1.54, 1.807) is 20.8 Å². The maximum Gasteiger partial charge on any atom is 0.408 e. The Hall–Kier alpha value is -2.61. The maximum atomic E-state index is 12.2. The zero-order chi connectivity index (χ0) is 24.1. The molecule has 2 aromatic rings. The number of imidazole rings is 1. The summed E-state index contributed by atoms with van der Waals surface area (Å²) in [5, 5.41) is 12.1. The summed E-state index contributed by atoms with van der Waals surface area (Å²) in [6, 6.07) is 5.06. The first-order valence-corrected chi connectivity index (χ1v) is 11.1. The highest BCUT2D eigenvalue weighted by molar-refractivity contribution is 5.78. The summed E-state index contributed by atoms with van der Waals surface area (Å²) < 4.78 is 10.2. The molecule has 0 radical (unpaired) electrons. The molecule has 1 aromatic carbocycles. The van der Waals surface area contributed by atoms with Crippen LogP contribution in [0.1, 0.15) is 78.7 Å². The number of aliphatic carboxylic acids is 1. The van der Waals surface area contributed by atoms with Crippen molar-refractivity contribution in [3.8, 4) is 0 Å². The Morgan fingerprint density at radius 1 is 1.16 bits per heavy atom. The first-order valence-electron chi connectivity index (χ1n) is 11.1. The molecule has 1 aromatic heterocycles. The molecule has 2 atom stereocenters. The number of carbonyl (C=O) groups is 2. The largest absolute Gasteiger partial charge is 0.481 e. The van der Waals surface area contributed by atoms with E-state index in [-0.39, 0.29) is 5.41 Å². The highest BCUT2D eigenvalue weighted by atomic mass is 16.6. The lowest BCUT2D eigenvalue weighted by molar-refractivity contribution is -0.142. The summed E-state index contributed by atoms with van der Waals surface area (Å²) in [4.78, 5) is 31.4. The lowest BCUT2D eigenvalue weighted by atomic mass is 9.87. The van der Waals surface area contributed by atoms with Crippen LogP contribution in [0.4, 0.5) is 4.79 Å². The molecule has 178 valence electrons. The third kappa shape index (κ3) is 7.51. The van der Waals surface area contributed by atoms with Crippen LogP contribution in [0.3, 0.4) is 0 Å². The molecule has 1 aliphatic rings. The van der Waals surface area contributed by atoms with Gasteiger partial charge in [0.05, 0.1) is 17.0 Å². The lowest BCUT2D eigenvalue weighted by Crippen LogP contribution is -2.39. The van der Waals surface area contributed by atoms with Gasteiger partial charge in [-0.25, -0.2) is 9.78 Å². The summed E-state index contributed by atoms with van der Waals surface area (Å²) in [7, 11) is 0. The number of H-pyrrole nitrogens is 1. The maximum absolute atomic E-state index is 12.2. The molecule has 1 aliphatic heterocycles. The molecule has 3 rings (SSSR count). The predicted octanol–water partition coefficient (Wildman–Crippen LogP) is 4.94. The summed E-state index contributed by atoms with van der Waals surface area (Å²) in [6.45, 7) is 15.1. The smallest absolute Gasteiger partial charge is 0.408 e. The minimum atomic E-state index is -1.04. The number of carboxylic acids is 1. The molecule has 2 heterocycles. The number of carbonyl (C=O) groups excluding carboxylic acids is 1. The Bertz CT molecular complexity index is 912. The van der Waals surface area contributed by atoms with E-state index >= 15 is 0 Å². The third-order valence-corrected chi connectivity index (χ3v) is 5.05. The van der Waals surface area contributed by atoms with Crippen LogP contribution in [-0.4, -0.2) is 46.0 Å². The van der Waals surface area contributed by atoms with Gasteiger partial charge in [-0.2, -0.15) is 0 Å². The number of aromatic amines is 1. The van der Waals surface area contributed by atoms with E-state index in [1.165, 1.54) is 19.8 Å². The van der Waals surface area contributed by atoms with Crippen molar-refractivity contribution < 1.29 is 24.2 Å². The minimum Gasteiger partial charge on any atom is -0.481 e. The van der Waals surface area contributed by atoms with E-state index in [4.69, 9.17) is 9.47 Å². The fraction of sp³-hybridized carbons (Fsp3) is 0.625. The molecule has 3 N–H and O–H groups in total. The molecule has 1 saturated heterocycles. The van der Waals surface area contributed by atoms with Gasteiger partial charge in [-0.1, -0.05) is 26.8 Å². The Morgan fingerprint density at radius 3 is 2.25 bits per heavy atom. The third-order valence-electron chi connectivity index (χ3n) is 5.05.